The number of aromatic nitrogens is 1. The summed E-state index contributed by atoms with van der Waals surface area (Å²) in [5.74, 6) is -0.00326. The fourth-order valence-electron chi connectivity index (χ4n) is 2.24. The third-order valence-electron chi connectivity index (χ3n) is 3.41. The zero-order valence-electron chi connectivity index (χ0n) is 12.7. The van der Waals surface area contributed by atoms with E-state index in [1.807, 2.05) is 13.0 Å². The van der Waals surface area contributed by atoms with Crippen LogP contribution in [-0.4, -0.2) is 24.2 Å². The van der Waals surface area contributed by atoms with Crippen LogP contribution >= 0.6 is 0 Å². The Morgan fingerprint density at radius 1 is 1.13 bits per heavy atom. The van der Waals surface area contributed by atoms with E-state index in [-0.39, 0.29) is 6.61 Å². The number of carbonyl (C=O) groups excluding carboxylic acids is 1. The van der Waals surface area contributed by atoms with Crippen molar-refractivity contribution in [2.45, 2.75) is 6.92 Å². The summed E-state index contributed by atoms with van der Waals surface area (Å²) in [7, 11) is 1.57. The first-order valence-electron chi connectivity index (χ1n) is 7.01. The minimum absolute atomic E-state index is 0.269. The molecule has 0 spiro atoms. The van der Waals surface area contributed by atoms with Crippen LogP contribution in [0.1, 0.15) is 10.4 Å². The predicted octanol–water partition coefficient (Wildman–Crippen LogP) is 2.63. The summed E-state index contributed by atoms with van der Waals surface area (Å²) >= 11 is 0. The van der Waals surface area contributed by atoms with Crippen LogP contribution in [0.3, 0.4) is 0 Å². The number of hydrogen-bond donors (Lipinski definition) is 0. The van der Waals surface area contributed by atoms with Crippen LogP contribution in [0.25, 0.3) is 11.1 Å². The minimum Gasteiger partial charge on any atom is -0.497 e. The fraction of sp³-hybridized carbons (Fsp3) is 0.176. The van der Waals surface area contributed by atoms with Gasteiger partial charge in [0.2, 0.25) is 0 Å². The molecule has 0 unspecified atom stereocenters. The topological polar surface area (TPSA) is 70.7 Å². The molecular weight excluding hydrogens is 298 g/mol. The van der Waals surface area contributed by atoms with Crippen molar-refractivity contribution in [2.75, 3.05) is 13.7 Å². The highest BCUT2D eigenvalue weighted by Gasteiger charge is 2.16. The Hall–Kier alpha value is -3.02. The molecule has 0 saturated carbocycles. The molecule has 118 valence electrons. The monoisotopic (exact) mass is 313 g/mol. The molecule has 0 fully saturated rings. The van der Waals surface area contributed by atoms with Gasteiger partial charge in [-0.15, -0.1) is 0 Å². The van der Waals surface area contributed by atoms with Crippen molar-refractivity contribution in [1.82, 2.24) is 4.57 Å². The molecule has 3 rings (SSSR count). The van der Waals surface area contributed by atoms with E-state index in [4.69, 9.17) is 13.9 Å². The largest absolute Gasteiger partial charge is 0.497 e. The first-order valence-corrected chi connectivity index (χ1v) is 7.01. The van der Waals surface area contributed by atoms with Crippen LogP contribution in [0.5, 0.6) is 11.5 Å². The lowest BCUT2D eigenvalue weighted by atomic mass is 10.2. The molecule has 6 heteroatoms. The van der Waals surface area contributed by atoms with E-state index in [1.165, 1.54) is 0 Å². The highest BCUT2D eigenvalue weighted by atomic mass is 16.5. The Labute approximate surface area is 131 Å². The van der Waals surface area contributed by atoms with Crippen LogP contribution in [0.4, 0.5) is 0 Å². The van der Waals surface area contributed by atoms with Gasteiger partial charge in [-0.25, -0.2) is 9.36 Å². The Balaban J connectivity index is 1.81. The summed E-state index contributed by atoms with van der Waals surface area (Å²) in [6.07, 6.45) is 0. The molecule has 0 aliphatic carbocycles. The molecule has 0 amide bonds. The molecule has 1 heterocycles. The van der Waals surface area contributed by atoms with Crippen LogP contribution in [0.2, 0.25) is 0 Å². The number of benzene rings is 2. The molecule has 3 aromatic rings. The summed E-state index contributed by atoms with van der Waals surface area (Å²) in [4.78, 5) is 24.2. The van der Waals surface area contributed by atoms with E-state index in [2.05, 4.69) is 0 Å². The maximum Gasteiger partial charge on any atom is 0.426 e. The van der Waals surface area contributed by atoms with Gasteiger partial charge in [-0.05, 0) is 48.9 Å². The van der Waals surface area contributed by atoms with E-state index in [9.17, 15) is 9.59 Å². The SMILES string of the molecule is COc1ccc(OCC(=O)n2c(=O)oc3ccc(C)cc32)cc1. The summed E-state index contributed by atoms with van der Waals surface area (Å²) < 4.78 is 16.5. The normalized spacial score (nSPS) is 10.7. The lowest BCUT2D eigenvalue weighted by Crippen LogP contribution is -2.27. The zero-order valence-corrected chi connectivity index (χ0v) is 12.7. The quantitative estimate of drug-likeness (QED) is 0.740. The van der Waals surface area contributed by atoms with Gasteiger partial charge >= 0.3 is 5.76 Å². The second-order valence-corrected chi connectivity index (χ2v) is 5.03. The number of hydrogen-bond acceptors (Lipinski definition) is 5. The van der Waals surface area contributed by atoms with Crippen LogP contribution in [0.15, 0.2) is 51.7 Å². The number of aryl methyl sites for hydroxylation is 1. The Morgan fingerprint density at radius 3 is 2.52 bits per heavy atom. The molecule has 0 saturated heterocycles. The second-order valence-electron chi connectivity index (χ2n) is 5.03. The maximum atomic E-state index is 12.3. The number of oxazole rings is 1. The van der Waals surface area contributed by atoms with Crippen molar-refractivity contribution in [3.05, 3.63) is 58.6 Å². The van der Waals surface area contributed by atoms with Crippen molar-refractivity contribution >= 4 is 17.0 Å². The standard InChI is InChI=1S/C17H15NO5/c1-11-3-8-15-14(9-11)18(17(20)23-15)16(19)10-22-13-6-4-12(21-2)5-7-13/h3-9H,10H2,1-2H3. The van der Waals surface area contributed by atoms with Crippen molar-refractivity contribution in [1.29, 1.82) is 0 Å². The van der Waals surface area contributed by atoms with Gasteiger partial charge in [0.15, 0.2) is 12.2 Å². The van der Waals surface area contributed by atoms with Crippen LogP contribution in [0, 0.1) is 6.92 Å². The smallest absolute Gasteiger partial charge is 0.426 e. The van der Waals surface area contributed by atoms with Gasteiger partial charge < -0.3 is 13.9 Å². The number of methoxy groups -OCH3 is 1. The Morgan fingerprint density at radius 2 is 1.83 bits per heavy atom. The molecule has 0 atom stereocenters. The summed E-state index contributed by atoms with van der Waals surface area (Å²) in [5.41, 5.74) is 1.74. The number of nitrogens with zero attached hydrogens (tertiary/aromatic N) is 1. The van der Waals surface area contributed by atoms with Gasteiger partial charge in [0.05, 0.1) is 12.6 Å². The van der Waals surface area contributed by atoms with Gasteiger partial charge in [-0.2, -0.15) is 0 Å². The fourth-order valence-corrected chi connectivity index (χ4v) is 2.24. The van der Waals surface area contributed by atoms with Gasteiger partial charge in [-0.1, -0.05) is 6.07 Å². The van der Waals surface area contributed by atoms with Gasteiger partial charge in [-0.3, -0.25) is 4.79 Å². The maximum absolute atomic E-state index is 12.3. The molecule has 0 aliphatic heterocycles. The lowest BCUT2D eigenvalue weighted by molar-refractivity contribution is 0.0834. The van der Waals surface area contributed by atoms with Gasteiger partial charge in [0.25, 0.3) is 5.91 Å². The molecule has 0 N–H and O–H groups in total. The molecular formula is C17H15NO5. The molecule has 1 aromatic heterocycles. The molecule has 6 nitrogen and oxygen atoms in total. The summed E-state index contributed by atoms with van der Waals surface area (Å²) in [5, 5.41) is 0. The third-order valence-corrected chi connectivity index (χ3v) is 3.41. The average molecular weight is 313 g/mol. The van der Waals surface area contributed by atoms with E-state index in [0.717, 1.165) is 10.1 Å². The minimum atomic E-state index is -0.714. The Bertz CT molecular complexity index is 905. The number of ether oxygens (including phenoxy) is 2. The highest BCUT2D eigenvalue weighted by molar-refractivity contribution is 5.90. The Kier molecular flexibility index (Phi) is 3.89. The van der Waals surface area contributed by atoms with Crippen LogP contribution < -0.4 is 15.2 Å². The van der Waals surface area contributed by atoms with E-state index < -0.39 is 11.7 Å². The first-order chi connectivity index (χ1) is 11.1. The predicted molar refractivity (Wildman–Crippen MR) is 84.3 cm³/mol. The van der Waals surface area contributed by atoms with Crippen molar-refractivity contribution in [3.63, 3.8) is 0 Å². The van der Waals surface area contributed by atoms with Gasteiger partial charge in [0.1, 0.15) is 11.5 Å². The third kappa shape index (κ3) is 2.96. The molecule has 0 aliphatic rings. The van der Waals surface area contributed by atoms with Crippen molar-refractivity contribution < 1.29 is 18.7 Å². The second kappa shape index (κ2) is 6.00. The van der Waals surface area contributed by atoms with Crippen molar-refractivity contribution in [3.8, 4) is 11.5 Å². The lowest BCUT2D eigenvalue weighted by Gasteiger charge is -2.06. The molecule has 0 bridgehead atoms. The van der Waals surface area contributed by atoms with Crippen LogP contribution in [-0.2, 0) is 0 Å². The van der Waals surface area contributed by atoms with E-state index >= 15 is 0 Å². The number of fused-ring (bicyclic) bond motifs is 1. The number of carbonyl (C=O) groups is 1. The molecule has 0 radical (unpaired) electrons. The van der Waals surface area contributed by atoms with Gasteiger partial charge in [0, 0.05) is 0 Å². The molecule has 23 heavy (non-hydrogen) atoms. The number of rotatable bonds is 4. The summed E-state index contributed by atoms with van der Waals surface area (Å²) in [6, 6.07) is 12.0. The highest BCUT2D eigenvalue weighted by Crippen LogP contribution is 2.18. The van der Waals surface area contributed by atoms with Crippen molar-refractivity contribution in [2.24, 2.45) is 0 Å². The molecule has 2 aromatic carbocycles. The zero-order chi connectivity index (χ0) is 16.4. The van der Waals surface area contributed by atoms with E-state index in [0.29, 0.717) is 22.6 Å². The van der Waals surface area contributed by atoms with E-state index in [1.54, 1.807) is 43.5 Å². The average Bonchev–Trinajstić information content (AvgIpc) is 2.88. The first kappa shape index (κ1) is 14.9. The summed E-state index contributed by atoms with van der Waals surface area (Å²) in [6.45, 7) is 1.61.